The Labute approximate surface area is 191 Å². The molecule has 0 saturated carbocycles. The molecule has 5 rings (SSSR count). The van der Waals surface area contributed by atoms with E-state index in [1.807, 2.05) is 9.80 Å². The van der Waals surface area contributed by atoms with Crippen LogP contribution in [0.15, 0.2) is 12.1 Å². The largest absolute Gasteiger partial charge is 0.481 e. The highest BCUT2D eigenvalue weighted by Gasteiger charge is 2.37. The Kier molecular flexibility index (Phi) is 5.60. The van der Waals surface area contributed by atoms with Crippen molar-refractivity contribution in [2.24, 2.45) is 0 Å². The summed E-state index contributed by atoms with van der Waals surface area (Å²) in [5.74, 6) is -1.24. The fourth-order valence-electron chi connectivity index (χ4n) is 5.36. The van der Waals surface area contributed by atoms with Crippen molar-refractivity contribution in [3.05, 3.63) is 40.3 Å². The van der Waals surface area contributed by atoms with Crippen LogP contribution in [-0.4, -0.2) is 58.0 Å². The molecule has 3 aliphatic heterocycles. The van der Waals surface area contributed by atoms with Gasteiger partial charge in [-0.2, -0.15) is 5.10 Å². The van der Waals surface area contributed by atoms with E-state index in [0.29, 0.717) is 68.3 Å². The molecule has 176 valence electrons. The third-order valence-electron chi connectivity index (χ3n) is 7.22. The van der Waals surface area contributed by atoms with Crippen molar-refractivity contribution in [3.8, 4) is 0 Å². The maximum Gasteiger partial charge on any atom is 0.311 e. The van der Waals surface area contributed by atoms with Crippen LogP contribution in [0.1, 0.15) is 60.5 Å². The lowest BCUT2D eigenvalue weighted by Gasteiger charge is -2.35. The van der Waals surface area contributed by atoms with Gasteiger partial charge in [0.1, 0.15) is 5.82 Å². The topological polar surface area (TPSA) is 87.9 Å². The van der Waals surface area contributed by atoms with Crippen LogP contribution in [0.4, 0.5) is 15.9 Å². The molecule has 0 unspecified atom stereocenters. The maximum atomic E-state index is 14.7. The smallest absolute Gasteiger partial charge is 0.311 e. The first-order valence-corrected chi connectivity index (χ1v) is 11.6. The summed E-state index contributed by atoms with van der Waals surface area (Å²) in [6, 6.07) is 3.31. The second kappa shape index (κ2) is 8.44. The molecule has 1 N–H and O–H groups in total. The van der Waals surface area contributed by atoms with Crippen molar-refractivity contribution in [2.75, 3.05) is 31.2 Å². The highest BCUT2D eigenvalue weighted by Crippen LogP contribution is 2.43. The summed E-state index contributed by atoms with van der Waals surface area (Å²) < 4.78 is 22.3. The van der Waals surface area contributed by atoms with Crippen LogP contribution >= 0.6 is 0 Å². The number of carboxylic acid groups (broad SMARTS) is 1. The van der Waals surface area contributed by atoms with Crippen LogP contribution in [0, 0.1) is 12.7 Å². The zero-order chi connectivity index (χ0) is 23.3. The molecule has 0 spiro atoms. The number of aryl methyl sites for hydroxylation is 1. The van der Waals surface area contributed by atoms with Crippen LogP contribution < -0.4 is 4.90 Å². The molecule has 0 radical (unpaired) electrons. The second-order valence-corrected chi connectivity index (χ2v) is 9.22. The van der Waals surface area contributed by atoms with E-state index in [4.69, 9.17) is 9.84 Å². The van der Waals surface area contributed by atoms with Gasteiger partial charge in [-0.3, -0.25) is 14.3 Å². The van der Waals surface area contributed by atoms with E-state index in [-0.39, 0.29) is 17.8 Å². The van der Waals surface area contributed by atoms with E-state index in [2.05, 4.69) is 4.68 Å². The SMILES string of the molecule is CC(=O)N1CCc2c(c(N3CC[C@H](C(=O)O)c4cc(C)c(F)cc43)nn2C2CCOCC2)C1. The molecule has 9 heteroatoms. The molecule has 33 heavy (non-hydrogen) atoms. The maximum absolute atomic E-state index is 14.7. The zero-order valence-electron chi connectivity index (χ0n) is 19.0. The fraction of sp³-hybridized carbons (Fsp3) is 0.542. The number of amides is 1. The number of benzene rings is 1. The van der Waals surface area contributed by atoms with Crippen LogP contribution in [0.2, 0.25) is 0 Å². The van der Waals surface area contributed by atoms with E-state index in [1.54, 1.807) is 19.9 Å². The van der Waals surface area contributed by atoms with E-state index >= 15 is 0 Å². The van der Waals surface area contributed by atoms with Gasteiger partial charge in [0.15, 0.2) is 5.82 Å². The summed E-state index contributed by atoms with van der Waals surface area (Å²) >= 11 is 0. The monoisotopic (exact) mass is 456 g/mol. The van der Waals surface area contributed by atoms with Gasteiger partial charge in [-0.1, -0.05) is 6.07 Å². The van der Waals surface area contributed by atoms with Crippen molar-refractivity contribution >= 4 is 23.4 Å². The van der Waals surface area contributed by atoms with Crippen molar-refractivity contribution in [1.29, 1.82) is 0 Å². The van der Waals surface area contributed by atoms with Gasteiger partial charge in [-0.15, -0.1) is 0 Å². The lowest BCUT2D eigenvalue weighted by molar-refractivity contribution is -0.139. The molecule has 1 aromatic heterocycles. The number of carbonyl (C=O) groups is 2. The number of fused-ring (bicyclic) bond motifs is 2. The van der Waals surface area contributed by atoms with Gasteiger partial charge < -0.3 is 19.6 Å². The van der Waals surface area contributed by atoms with Gasteiger partial charge in [-0.25, -0.2) is 4.39 Å². The number of ether oxygens (including phenoxy) is 1. The summed E-state index contributed by atoms with van der Waals surface area (Å²) in [6.07, 6.45) is 2.85. The Morgan fingerprint density at radius 1 is 1.18 bits per heavy atom. The summed E-state index contributed by atoms with van der Waals surface area (Å²) in [6.45, 7) is 6.11. The molecule has 8 nitrogen and oxygen atoms in total. The number of halogens is 1. The minimum Gasteiger partial charge on any atom is -0.481 e. The third kappa shape index (κ3) is 3.78. The van der Waals surface area contributed by atoms with Crippen molar-refractivity contribution < 1.29 is 23.8 Å². The number of aromatic nitrogens is 2. The number of aliphatic carboxylic acids is 1. The third-order valence-corrected chi connectivity index (χ3v) is 7.22. The molecule has 2 aromatic rings. The van der Waals surface area contributed by atoms with Crippen molar-refractivity contribution in [2.45, 2.75) is 58.0 Å². The predicted molar refractivity (Wildman–Crippen MR) is 119 cm³/mol. The minimum atomic E-state index is -0.903. The normalized spacial score (nSPS) is 21.0. The number of carboxylic acids is 1. The lowest BCUT2D eigenvalue weighted by atomic mass is 9.88. The number of hydrogen-bond donors (Lipinski definition) is 1. The molecule has 3 aliphatic rings. The molecule has 1 fully saturated rings. The highest BCUT2D eigenvalue weighted by atomic mass is 19.1. The Bertz CT molecular complexity index is 1110. The highest BCUT2D eigenvalue weighted by molar-refractivity contribution is 5.83. The average molecular weight is 457 g/mol. The number of carbonyl (C=O) groups excluding carboxylic acids is 1. The molecule has 1 amide bonds. The first-order valence-electron chi connectivity index (χ1n) is 11.6. The summed E-state index contributed by atoms with van der Waals surface area (Å²) in [4.78, 5) is 27.8. The van der Waals surface area contributed by atoms with E-state index in [9.17, 15) is 19.1 Å². The van der Waals surface area contributed by atoms with E-state index < -0.39 is 11.9 Å². The fourth-order valence-corrected chi connectivity index (χ4v) is 5.36. The van der Waals surface area contributed by atoms with Crippen LogP contribution in [0.25, 0.3) is 0 Å². The summed E-state index contributed by atoms with van der Waals surface area (Å²) in [7, 11) is 0. The van der Waals surface area contributed by atoms with Crippen LogP contribution in [0.5, 0.6) is 0 Å². The van der Waals surface area contributed by atoms with Gasteiger partial charge in [-0.05, 0) is 43.4 Å². The Balaban J connectivity index is 1.64. The van der Waals surface area contributed by atoms with Gasteiger partial charge in [0.2, 0.25) is 5.91 Å². The van der Waals surface area contributed by atoms with Crippen molar-refractivity contribution in [3.63, 3.8) is 0 Å². The molecular formula is C24H29FN4O4. The van der Waals surface area contributed by atoms with Crippen molar-refractivity contribution in [1.82, 2.24) is 14.7 Å². The number of nitrogens with zero attached hydrogens (tertiary/aromatic N) is 4. The van der Waals surface area contributed by atoms with Gasteiger partial charge in [0.25, 0.3) is 0 Å². The van der Waals surface area contributed by atoms with Crippen LogP contribution in [0.3, 0.4) is 0 Å². The molecule has 1 atom stereocenters. The Morgan fingerprint density at radius 2 is 1.94 bits per heavy atom. The molecule has 1 aromatic carbocycles. The number of rotatable bonds is 3. The van der Waals surface area contributed by atoms with Gasteiger partial charge in [0, 0.05) is 56.6 Å². The molecule has 0 aliphatic carbocycles. The van der Waals surface area contributed by atoms with Crippen LogP contribution in [-0.2, 0) is 27.3 Å². The minimum absolute atomic E-state index is 0.0112. The molecule has 4 heterocycles. The predicted octanol–water partition coefficient (Wildman–Crippen LogP) is 3.30. The number of anilines is 2. The zero-order valence-corrected chi connectivity index (χ0v) is 19.0. The molecule has 1 saturated heterocycles. The average Bonchev–Trinajstić information content (AvgIpc) is 3.18. The molecule has 0 bridgehead atoms. The van der Waals surface area contributed by atoms with Gasteiger partial charge in [0.05, 0.1) is 18.5 Å². The second-order valence-electron chi connectivity index (χ2n) is 9.22. The quantitative estimate of drug-likeness (QED) is 0.763. The Morgan fingerprint density at radius 3 is 2.64 bits per heavy atom. The Hall–Kier alpha value is -2.94. The molecular weight excluding hydrogens is 427 g/mol. The first kappa shape index (κ1) is 21.9. The lowest BCUT2D eigenvalue weighted by Crippen LogP contribution is -2.36. The first-order chi connectivity index (χ1) is 15.8. The number of hydrogen-bond acceptors (Lipinski definition) is 5. The van der Waals surface area contributed by atoms with E-state index in [0.717, 1.165) is 24.1 Å². The summed E-state index contributed by atoms with van der Waals surface area (Å²) in [5, 5.41) is 14.8. The van der Waals surface area contributed by atoms with Gasteiger partial charge >= 0.3 is 5.97 Å². The van der Waals surface area contributed by atoms with E-state index in [1.165, 1.54) is 6.07 Å². The summed E-state index contributed by atoms with van der Waals surface area (Å²) in [5.41, 5.74) is 3.68. The standard InChI is InChI=1S/C24H29FN4O4/c1-14-11-18-17(24(31)32)3-8-28(22(18)12-20(14)25)23-19-13-27(15(2)30)7-4-21(19)29(26-23)16-5-9-33-10-6-16/h11-12,16-17H,3-10,13H2,1-2H3,(H,31,32)/t17-/m0/s1.